The van der Waals surface area contributed by atoms with Gasteiger partial charge in [-0.1, -0.05) is 97.1 Å². The average molecular weight is 403 g/mol. The van der Waals surface area contributed by atoms with E-state index in [-0.39, 0.29) is 0 Å². The molecule has 0 unspecified atom stereocenters. The Labute approximate surface area is 179 Å². The van der Waals surface area contributed by atoms with Crippen LogP contribution in [0.5, 0.6) is 0 Å². The number of hydrogen-bond donors (Lipinski definition) is 2. The number of rotatable bonds is 4. The second-order valence-corrected chi connectivity index (χ2v) is 7.20. The van der Waals surface area contributed by atoms with Gasteiger partial charge in [0, 0.05) is 16.7 Å². The summed E-state index contributed by atoms with van der Waals surface area (Å²) >= 11 is 0. The van der Waals surface area contributed by atoms with Crippen molar-refractivity contribution in [2.24, 2.45) is 0 Å². The Balaban J connectivity index is 1.80. The van der Waals surface area contributed by atoms with E-state index in [0.29, 0.717) is 22.9 Å². The quantitative estimate of drug-likeness (QED) is 0.448. The van der Waals surface area contributed by atoms with Crippen LogP contribution in [0.3, 0.4) is 0 Å². The van der Waals surface area contributed by atoms with Gasteiger partial charge in [0.05, 0.1) is 0 Å². The first-order valence-corrected chi connectivity index (χ1v) is 9.95. The lowest BCUT2D eigenvalue weighted by atomic mass is 9.78. The van der Waals surface area contributed by atoms with Crippen LogP contribution in [0, 0.1) is 0 Å². The molecule has 0 saturated heterocycles. The van der Waals surface area contributed by atoms with Crippen LogP contribution in [0.25, 0.3) is 44.9 Å². The van der Waals surface area contributed by atoms with Gasteiger partial charge in [-0.2, -0.15) is 0 Å². The molecular formula is C25H18BN3O2. The van der Waals surface area contributed by atoms with E-state index in [0.717, 1.165) is 27.5 Å². The molecule has 0 fully saturated rings. The van der Waals surface area contributed by atoms with Crippen LogP contribution in [0.2, 0.25) is 0 Å². The Morgan fingerprint density at radius 1 is 0.548 bits per heavy atom. The second-order valence-electron chi connectivity index (χ2n) is 7.20. The highest BCUT2D eigenvalue weighted by Gasteiger charge is 2.18. The highest BCUT2D eigenvalue weighted by Crippen LogP contribution is 2.29. The fraction of sp³-hybridized carbons (Fsp3) is 0. The smallest absolute Gasteiger partial charge is 0.423 e. The highest BCUT2D eigenvalue weighted by atomic mass is 16.4. The average Bonchev–Trinajstić information content (AvgIpc) is 2.84. The molecule has 0 spiro atoms. The first-order chi connectivity index (χ1) is 15.2. The fourth-order valence-corrected chi connectivity index (χ4v) is 3.60. The lowest BCUT2D eigenvalue weighted by Gasteiger charge is -2.12. The molecule has 1 aromatic heterocycles. The number of aromatic nitrogens is 3. The van der Waals surface area contributed by atoms with Gasteiger partial charge in [0.2, 0.25) is 0 Å². The van der Waals surface area contributed by atoms with E-state index >= 15 is 0 Å². The zero-order chi connectivity index (χ0) is 21.2. The third-order valence-corrected chi connectivity index (χ3v) is 5.12. The van der Waals surface area contributed by atoms with Crippen molar-refractivity contribution in [2.45, 2.75) is 0 Å². The summed E-state index contributed by atoms with van der Waals surface area (Å²) in [6.07, 6.45) is 0. The molecule has 0 atom stereocenters. The SMILES string of the molecule is OB(O)c1cc(-c2nc(-c3ccccc3)nc(-c3ccccc3)n2)c2ccccc2c1. The van der Waals surface area contributed by atoms with Crippen molar-refractivity contribution in [1.82, 2.24) is 15.0 Å². The van der Waals surface area contributed by atoms with Crippen LogP contribution in [0.1, 0.15) is 0 Å². The van der Waals surface area contributed by atoms with Gasteiger partial charge in [0.1, 0.15) is 0 Å². The third-order valence-electron chi connectivity index (χ3n) is 5.12. The highest BCUT2D eigenvalue weighted by molar-refractivity contribution is 6.59. The molecule has 5 nitrogen and oxygen atoms in total. The van der Waals surface area contributed by atoms with Gasteiger partial charge in [-0.05, 0) is 16.2 Å². The van der Waals surface area contributed by atoms with Crippen molar-refractivity contribution in [1.29, 1.82) is 0 Å². The first-order valence-electron chi connectivity index (χ1n) is 9.95. The maximum Gasteiger partial charge on any atom is 0.488 e. The minimum absolute atomic E-state index is 0.386. The molecule has 5 aromatic rings. The molecule has 0 amide bonds. The second kappa shape index (κ2) is 8.10. The Bertz CT molecular complexity index is 1300. The van der Waals surface area contributed by atoms with Gasteiger partial charge < -0.3 is 10.0 Å². The molecule has 0 bridgehead atoms. The van der Waals surface area contributed by atoms with E-state index in [4.69, 9.17) is 15.0 Å². The predicted octanol–water partition coefficient (Wildman–Crippen LogP) is 3.71. The van der Waals surface area contributed by atoms with E-state index in [2.05, 4.69) is 0 Å². The molecule has 0 aliphatic rings. The van der Waals surface area contributed by atoms with Crippen LogP contribution in [0.4, 0.5) is 0 Å². The van der Waals surface area contributed by atoms with Crippen LogP contribution >= 0.6 is 0 Å². The van der Waals surface area contributed by atoms with Crippen LogP contribution in [0.15, 0.2) is 97.1 Å². The molecule has 6 heteroatoms. The Hall–Kier alpha value is -3.87. The Morgan fingerprint density at radius 3 is 1.65 bits per heavy atom. The Morgan fingerprint density at radius 2 is 1.06 bits per heavy atom. The summed E-state index contributed by atoms with van der Waals surface area (Å²) < 4.78 is 0. The van der Waals surface area contributed by atoms with Crippen molar-refractivity contribution in [3.63, 3.8) is 0 Å². The van der Waals surface area contributed by atoms with E-state index in [1.54, 1.807) is 12.1 Å². The van der Waals surface area contributed by atoms with Gasteiger partial charge >= 0.3 is 7.12 Å². The topological polar surface area (TPSA) is 79.1 Å². The Kier molecular flexibility index (Phi) is 5.00. The van der Waals surface area contributed by atoms with Gasteiger partial charge in [-0.15, -0.1) is 0 Å². The zero-order valence-electron chi connectivity index (χ0n) is 16.6. The summed E-state index contributed by atoms with van der Waals surface area (Å²) in [6, 6.07) is 30.8. The molecule has 0 radical (unpaired) electrons. The van der Waals surface area contributed by atoms with Gasteiger partial charge in [0.15, 0.2) is 17.5 Å². The monoisotopic (exact) mass is 403 g/mol. The van der Waals surface area contributed by atoms with E-state index in [9.17, 15) is 10.0 Å². The molecule has 31 heavy (non-hydrogen) atoms. The number of hydrogen-bond acceptors (Lipinski definition) is 5. The summed E-state index contributed by atoms with van der Waals surface area (Å²) in [4.78, 5) is 14.2. The normalized spacial score (nSPS) is 10.9. The van der Waals surface area contributed by atoms with Crippen molar-refractivity contribution in [3.05, 3.63) is 97.1 Å². The molecule has 0 aliphatic carbocycles. The van der Waals surface area contributed by atoms with Crippen molar-refractivity contribution in [3.8, 4) is 34.2 Å². The minimum atomic E-state index is -1.59. The number of nitrogens with zero attached hydrogens (tertiary/aromatic N) is 3. The third kappa shape index (κ3) is 3.82. The molecular weight excluding hydrogens is 385 g/mol. The van der Waals surface area contributed by atoms with Gasteiger partial charge in [-0.25, -0.2) is 15.0 Å². The summed E-state index contributed by atoms with van der Waals surface area (Å²) in [5.74, 6) is 1.60. The standard InChI is InChI=1S/C25H18BN3O2/c30-26(31)20-15-19-13-7-8-14-21(19)22(16-20)25-28-23(17-9-3-1-4-10-17)27-24(29-25)18-11-5-2-6-12-18/h1-16,30-31H. The zero-order valence-corrected chi connectivity index (χ0v) is 16.6. The molecule has 4 aromatic carbocycles. The maximum atomic E-state index is 9.82. The first kappa shape index (κ1) is 19.1. The summed E-state index contributed by atoms with van der Waals surface area (Å²) in [7, 11) is -1.59. The van der Waals surface area contributed by atoms with Crippen molar-refractivity contribution < 1.29 is 10.0 Å². The van der Waals surface area contributed by atoms with E-state index in [1.807, 2.05) is 84.9 Å². The largest absolute Gasteiger partial charge is 0.488 e. The lowest BCUT2D eigenvalue weighted by Crippen LogP contribution is -2.29. The lowest BCUT2D eigenvalue weighted by molar-refractivity contribution is 0.426. The van der Waals surface area contributed by atoms with Crippen molar-refractivity contribution in [2.75, 3.05) is 0 Å². The van der Waals surface area contributed by atoms with Gasteiger partial charge in [-0.3, -0.25) is 0 Å². The summed E-state index contributed by atoms with van der Waals surface area (Å²) in [5.41, 5.74) is 2.87. The molecule has 0 aliphatic heterocycles. The number of fused-ring (bicyclic) bond motifs is 1. The molecule has 2 N–H and O–H groups in total. The number of benzene rings is 4. The van der Waals surface area contributed by atoms with Gasteiger partial charge in [0.25, 0.3) is 0 Å². The molecule has 0 saturated carbocycles. The van der Waals surface area contributed by atoms with Crippen LogP contribution in [-0.2, 0) is 0 Å². The van der Waals surface area contributed by atoms with E-state index < -0.39 is 7.12 Å². The summed E-state index contributed by atoms with van der Waals surface area (Å²) in [5, 5.41) is 21.5. The molecule has 5 rings (SSSR count). The van der Waals surface area contributed by atoms with Crippen molar-refractivity contribution >= 4 is 23.4 Å². The minimum Gasteiger partial charge on any atom is -0.423 e. The molecule has 1 heterocycles. The van der Waals surface area contributed by atoms with Crippen LogP contribution < -0.4 is 5.46 Å². The van der Waals surface area contributed by atoms with Crippen LogP contribution in [-0.4, -0.2) is 32.1 Å². The fourth-order valence-electron chi connectivity index (χ4n) is 3.60. The predicted molar refractivity (Wildman–Crippen MR) is 123 cm³/mol. The maximum absolute atomic E-state index is 9.82. The van der Waals surface area contributed by atoms with E-state index in [1.165, 1.54) is 0 Å². The summed E-state index contributed by atoms with van der Waals surface area (Å²) in [6.45, 7) is 0. The molecule has 148 valence electrons.